The molecule has 0 atom stereocenters. The number of hydrogen-bond donors (Lipinski definition) is 0. The molecule has 0 N–H and O–H groups in total. The maximum absolute atomic E-state index is 12.8. The number of hydrogen-bond acceptors (Lipinski definition) is 7. The van der Waals surface area contributed by atoms with Gasteiger partial charge in [-0.05, 0) is 24.3 Å². The summed E-state index contributed by atoms with van der Waals surface area (Å²) >= 11 is 0. The molecule has 0 aromatic carbocycles. The lowest BCUT2D eigenvalue weighted by molar-refractivity contribution is -0.167. The Labute approximate surface area is 186 Å². The predicted molar refractivity (Wildman–Crippen MR) is 111 cm³/mol. The van der Waals surface area contributed by atoms with Crippen molar-refractivity contribution in [2.24, 2.45) is 7.05 Å². The molecular formula is C21H18F3N9. The number of nitriles is 1. The Bertz CT molecular complexity index is 1360. The summed E-state index contributed by atoms with van der Waals surface area (Å²) in [7, 11) is 1.71. The zero-order chi connectivity index (χ0) is 23.2. The summed E-state index contributed by atoms with van der Waals surface area (Å²) in [5.41, 5.74) is 2.14. The van der Waals surface area contributed by atoms with Crippen LogP contribution in [0.15, 0.2) is 42.9 Å². The number of rotatable bonds is 5. The van der Waals surface area contributed by atoms with E-state index in [1.54, 1.807) is 42.5 Å². The van der Waals surface area contributed by atoms with Crippen LogP contribution in [0.25, 0.3) is 33.7 Å². The van der Waals surface area contributed by atoms with Crippen molar-refractivity contribution in [1.82, 2.24) is 39.6 Å². The van der Waals surface area contributed by atoms with E-state index in [9.17, 15) is 18.4 Å². The summed E-state index contributed by atoms with van der Waals surface area (Å²) in [5, 5.41) is 23.1. The van der Waals surface area contributed by atoms with Crippen molar-refractivity contribution < 1.29 is 13.2 Å². The van der Waals surface area contributed by atoms with Gasteiger partial charge in [-0.15, -0.1) is 0 Å². The average molecular weight is 453 g/mol. The monoisotopic (exact) mass is 453 g/mol. The van der Waals surface area contributed by atoms with E-state index in [1.165, 1.54) is 9.70 Å². The van der Waals surface area contributed by atoms with Gasteiger partial charge >= 0.3 is 6.18 Å². The second-order valence-electron chi connectivity index (χ2n) is 8.11. The molecule has 0 bridgehead atoms. The van der Waals surface area contributed by atoms with E-state index in [0.29, 0.717) is 28.3 Å². The normalized spacial score (nSPS) is 16.0. The Balaban J connectivity index is 1.53. The van der Waals surface area contributed by atoms with E-state index < -0.39 is 18.3 Å². The first-order valence-electron chi connectivity index (χ1n) is 10.1. The van der Waals surface area contributed by atoms with Crippen molar-refractivity contribution >= 4 is 10.9 Å². The molecular weight excluding hydrogens is 435 g/mol. The van der Waals surface area contributed by atoms with Crippen LogP contribution >= 0.6 is 0 Å². The summed E-state index contributed by atoms with van der Waals surface area (Å²) < 4.78 is 39.9. The first kappa shape index (κ1) is 21.0. The molecule has 168 valence electrons. The van der Waals surface area contributed by atoms with E-state index in [2.05, 4.69) is 26.3 Å². The first-order valence-corrected chi connectivity index (χ1v) is 10.1. The minimum atomic E-state index is -4.29. The fourth-order valence-corrected chi connectivity index (χ4v) is 4.22. The molecule has 33 heavy (non-hydrogen) atoms. The van der Waals surface area contributed by atoms with Crippen LogP contribution in [-0.2, 0) is 12.6 Å². The molecule has 1 aliphatic rings. The number of alkyl halides is 3. The Morgan fingerprint density at radius 1 is 1.15 bits per heavy atom. The standard InChI is InChI=1S/C21H18F3N9/c1-31-27-10-18(29-31)17-9-16-14(3-2-7-26-16)19(28-17)15-4-8-33(30-15)20(5-6-25)11-32(12-20)13-21(22,23)24/h2-4,7-10H,5,11-13H2,1H3. The zero-order valence-electron chi connectivity index (χ0n) is 17.5. The second kappa shape index (κ2) is 7.63. The minimum Gasteiger partial charge on any atom is -0.290 e. The number of nitrogens with zero attached hydrogens (tertiary/aromatic N) is 9. The molecule has 5 rings (SSSR count). The average Bonchev–Trinajstić information content (AvgIpc) is 3.40. The number of pyridine rings is 2. The van der Waals surface area contributed by atoms with Crippen molar-refractivity contribution in [3.8, 4) is 28.8 Å². The highest BCUT2D eigenvalue weighted by molar-refractivity contribution is 5.93. The van der Waals surface area contributed by atoms with Gasteiger partial charge < -0.3 is 0 Å². The molecule has 1 aliphatic heterocycles. The number of likely N-dealkylation sites (tertiary alicyclic amines) is 1. The van der Waals surface area contributed by atoms with Crippen LogP contribution in [-0.4, -0.2) is 65.5 Å². The third kappa shape index (κ3) is 3.91. The maximum atomic E-state index is 12.8. The molecule has 0 amide bonds. The minimum absolute atomic E-state index is 0.0534. The van der Waals surface area contributed by atoms with Crippen molar-refractivity contribution in [3.63, 3.8) is 0 Å². The third-order valence-electron chi connectivity index (χ3n) is 5.63. The van der Waals surface area contributed by atoms with Gasteiger partial charge in [-0.2, -0.15) is 38.5 Å². The molecule has 0 unspecified atom stereocenters. The van der Waals surface area contributed by atoms with Gasteiger partial charge in [0, 0.05) is 37.9 Å². The van der Waals surface area contributed by atoms with Gasteiger partial charge in [-0.3, -0.25) is 14.6 Å². The molecule has 4 aromatic rings. The first-order chi connectivity index (χ1) is 15.8. The number of halogens is 3. The molecule has 9 nitrogen and oxygen atoms in total. The van der Waals surface area contributed by atoms with Gasteiger partial charge in [0.05, 0.1) is 36.4 Å². The Morgan fingerprint density at radius 2 is 1.97 bits per heavy atom. The fourth-order valence-electron chi connectivity index (χ4n) is 4.22. The van der Waals surface area contributed by atoms with E-state index in [4.69, 9.17) is 4.98 Å². The summed E-state index contributed by atoms with van der Waals surface area (Å²) in [6.07, 6.45) is 0.737. The smallest absolute Gasteiger partial charge is 0.290 e. The third-order valence-corrected chi connectivity index (χ3v) is 5.63. The van der Waals surface area contributed by atoms with Crippen molar-refractivity contribution in [1.29, 1.82) is 5.26 Å². The van der Waals surface area contributed by atoms with E-state index in [0.717, 1.165) is 5.39 Å². The number of aromatic nitrogens is 7. The molecule has 0 radical (unpaired) electrons. The van der Waals surface area contributed by atoms with Gasteiger partial charge in [-0.25, -0.2) is 4.98 Å². The zero-order valence-corrected chi connectivity index (χ0v) is 17.5. The number of fused-ring (bicyclic) bond motifs is 1. The van der Waals surface area contributed by atoms with Crippen LogP contribution in [0.3, 0.4) is 0 Å². The van der Waals surface area contributed by atoms with E-state index in [-0.39, 0.29) is 19.5 Å². The summed E-state index contributed by atoms with van der Waals surface area (Å²) in [6.45, 7) is -0.820. The molecule has 0 aliphatic carbocycles. The van der Waals surface area contributed by atoms with Crippen molar-refractivity contribution in [3.05, 3.63) is 42.9 Å². The lowest BCUT2D eigenvalue weighted by Crippen LogP contribution is -2.64. The topological polar surface area (TPSA) is 101 Å². The Kier molecular flexibility index (Phi) is 4.86. The lowest BCUT2D eigenvalue weighted by atomic mass is 9.87. The Morgan fingerprint density at radius 3 is 2.67 bits per heavy atom. The maximum Gasteiger partial charge on any atom is 0.401 e. The molecule has 1 fully saturated rings. The molecule has 0 saturated carbocycles. The van der Waals surface area contributed by atoms with Crippen LogP contribution in [0.1, 0.15) is 6.42 Å². The van der Waals surface area contributed by atoms with Gasteiger partial charge in [0.1, 0.15) is 22.6 Å². The highest BCUT2D eigenvalue weighted by Gasteiger charge is 2.48. The van der Waals surface area contributed by atoms with Crippen LogP contribution in [0, 0.1) is 11.3 Å². The van der Waals surface area contributed by atoms with Crippen molar-refractivity contribution in [2.75, 3.05) is 19.6 Å². The van der Waals surface area contributed by atoms with Crippen LogP contribution in [0.5, 0.6) is 0 Å². The quantitative estimate of drug-likeness (QED) is 0.458. The van der Waals surface area contributed by atoms with E-state index in [1.807, 2.05) is 12.1 Å². The fraction of sp³-hybridized carbons (Fsp3) is 0.333. The highest BCUT2D eigenvalue weighted by Crippen LogP contribution is 2.36. The summed E-state index contributed by atoms with van der Waals surface area (Å²) in [5.74, 6) is 0. The highest BCUT2D eigenvalue weighted by atomic mass is 19.4. The number of aryl methyl sites for hydroxylation is 1. The summed E-state index contributed by atoms with van der Waals surface area (Å²) in [4.78, 5) is 11.9. The van der Waals surface area contributed by atoms with E-state index >= 15 is 0 Å². The molecule has 12 heteroatoms. The van der Waals surface area contributed by atoms with Gasteiger partial charge in [-0.1, -0.05) is 0 Å². The van der Waals surface area contributed by atoms with Crippen LogP contribution < -0.4 is 0 Å². The summed E-state index contributed by atoms with van der Waals surface area (Å²) in [6, 6.07) is 9.34. The lowest BCUT2D eigenvalue weighted by Gasteiger charge is -2.49. The molecule has 5 heterocycles. The predicted octanol–water partition coefficient (Wildman–Crippen LogP) is 2.78. The van der Waals surface area contributed by atoms with Crippen LogP contribution in [0.4, 0.5) is 13.2 Å². The van der Waals surface area contributed by atoms with Gasteiger partial charge in [0.15, 0.2) is 0 Å². The molecule has 1 saturated heterocycles. The SMILES string of the molecule is Cn1ncc(-c2cc3ncccc3c(-c3ccn(C4(CC#N)CN(CC(F)(F)F)C4)n3)n2)n1. The van der Waals surface area contributed by atoms with Gasteiger partial charge in [0.2, 0.25) is 0 Å². The largest absolute Gasteiger partial charge is 0.401 e. The van der Waals surface area contributed by atoms with Crippen molar-refractivity contribution in [2.45, 2.75) is 18.1 Å². The van der Waals surface area contributed by atoms with Crippen LogP contribution in [0.2, 0.25) is 0 Å². The molecule has 4 aromatic heterocycles. The second-order valence-corrected chi connectivity index (χ2v) is 8.11. The van der Waals surface area contributed by atoms with Gasteiger partial charge in [0.25, 0.3) is 0 Å². The Hall–Kier alpha value is -3.85. The molecule has 0 spiro atoms.